The van der Waals surface area contributed by atoms with Crippen LogP contribution in [0, 0.1) is 0 Å². The molecule has 6 nitrogen and oxygen atoms in total. The number of carboxylic acids is 1. The molecular formula is C28H29NO5. The Balaban J connectivity index is 1.37. The molecular weight excluding hydrogens is 430 g/mol. The minimum absolute atomic E-state index is 0.111. The van der Waals surface area contributed by atoms with E-state index in [1.165, 1.54) is 0 Å². The van der Waals surface area contributed by atoms with E-state index >= 15 is 0 Å². The van der Waals surface area contributed by atoms with E-state index in [0.717, 1.165) is 57.7 Å². The number of nitrogens with zero attached hydrogens (tertiary/aromatic N) is 1. The molecule has 0 bridgehead atoms. The van der Waals surface area contributed by atoms with Crippen LogP contribution in [0.4, 0.5) is 0 Å². The Morgan fingerprint density at radius 2 is 1.79 bits per heavy atom. The number of benzene rings is 3. The van der Waals surface area contributed by atoms with Crippen molar-refractivity contribution in [3.05, 3.63) is 77.9 Å². The average molecular weight is 460 g/mol. The summed E-state index contributed by atoms with van der Waals surface area (Å²) in [5, 5.41) is 14.2. The summed E-state index contributed by atoms with van der Waals surface area (Å²) in [4.78, 5) is 10.8. The highest BCUT2D eigenvalue weighted by Gasteiger charge is 2.17. The third kappa shape index (κ3) is 5.76. The highest BCUT2D eigenvalue weighted by atomic mass is 16.5. The van der Waals surface area contributed by atoms with Crippen LogP contribution in [0.2, 0.25) is 0 Å². The number of rotatable bonds is 12. The molecule has 0 aliphatic heterocycles. The normalized spacial score (nSPS) is 11.0. The van der Waals surface area contributed by atoms with Crippen molar-refractivity contribution < 1.29 is 23.9 Å². The van der Waals surface area contributed by atoms with Crippen LogP contribution >= 0.6 is 0 Å². The van der Waals surface area contributed by atoms with Crippen molar-refractivity contribution in [1.82, 2.24) is 5.16 Å². The van der Waals surface area contributed by atoms with Crippen LogP contribution in [-0.2, 0) is 17.6 Å². The Kier molecular flexibility index (Phi) is 7.81. The van der Waals surface area contributed by atoms with Crippen molar-refractivity contribution >= 4 is 16.9 Å². The fourth-order valence-electron chi connectivity index (χ4n) is 3.94. The Morgan fingerprint density at radius 3 is 2.59 bits per heavy atom. The van der Waals surface area contributed by atoms with Gasteiger partial charge in [0, 0.05) is 24.0 Å². The molecule has 0 atom stereocenters. The van der Waals surface area contributed by atoms with Gasteiger partial charge in [0.15, 0.2) is 5.58 Å². The van der Waals surface area contributed by atoms with Gasteiger partial charge in [0.25, 0.3) is 0 Å². The van der Waals surface area contributed by atoms with Gasteiger partial charge in [-0.1, -0.05) is 61.0 Å². The molecule has 4 aromatic rings. The standard InChI is InChI=1S/C28H29NO5/c1-2-8-23-25(15-14-24-27(29-34-28(23)24)21-10-4-3-5-11-21)33-18-7-17-32-22-12-6-9-20(19-22)13-16-26(30)31/h3-6,9-12,14-15,19H,2,7-8,13,16-18H2,1H3,(H,30,31). The summed E-state index contributed by atoms with van der Waals surface area (Å²) in [6, 6.07) is 21.6. The molecule has 176 valence electrons. The van der Waals surface area contributed by atoms with Crippen molar-refractivity contribution in [2.75, 3.05) is 13.2 Å². The second kappa shape index (κ2) is 11.4. The van der Waals surface area contributed by atoms with Gasteiger partial charge in [0.2, 0.25) is 0 Å². The molecule has 1 aromatic heterocycles. The number of aromatic nitrogens is 1. The van der Waals surface area contributed by atoms with E-state index in [-0.39, 0.29) is 6.42 Å². The first-order chi connectivity index (χ1) is 16.7. The third-order valence-electron chi connectivity index (χ3n) is 5.59. The predicted molar refractivity (Wildman–Crippen MR) is 131 cm³/mol. The Morgan fingerprint density at radius 1 is 0.971 bits per heavy atom. The molecule has 0 saturated carbocycles. The van der Waals surface area contributed by atoms with Gasteiger partial charge < -0.3 is 19.1 Å². The number of hydrogen-bond acceptors (Lipinski definition) is 5. The first-order valence-corrected chi connectivity index (χ1v) is 11.7. The summed E-state index contributed by atoms with van der Waals surface area (Å²) in [7, 11) is 0. The van der Waals surface area contributed by atoms with Crippen LogP contribution in [0.15, 0.2) is 71.3 Å². The lowest BCUT2D eigenvalue weighted by molar-refractivity contribution is -0.136. The first-order valence-electron chi connectivity index (χ1n) is 11.7. The Labute approximate surface area is 199 Å². The molecule has 0 saturated heterocycles. The van der Waals surface area contributed by atoms with E-state index in [1.807, 2.05) is 66.7 Å². The van der Waals surface area contributed by atoms with Crippen molar-refractivity contribution in [3.8, 4) is 22.8 Å². The zero-order chi connectivity index (χ0) is 23.8. The number of fused-ring (bicyclic) bond motifs is 1. The van der Waals surface area contributed by atoms with E-state index in [1.54, 1.807) is 0 Å². The molecule has 0 unspecified atom stereocenters. The molecule has 0 radical (unpaired) electrons. The number of carboxylic acid groups (broad SMARTS) is 1. The second-order valence-corrected chi connectivity index (χ2v) is 8.16. The molecule has 6 heteroatoms. The van der Waals surface area contributed by atoms with Crippen LogP contribution in [-0.4, -0.2) is 29.4 Å². The average Bonchev–Trinajstić information content (AvgIpc) is 3.29. The molecule has 34 heavy (non-hydrogen) atoms. The quantitative estimate of drug-likeness (QED) is 0.250. The second-order valence-electron chi connectivity index (χ2n) is 8.16. The highest BCUT2D eigenvalue weighted by Crippen LogP contribution is 2.35. The van der Waals surface area contributed by atoms with Crippen LogP contribution in [0.3, 0.4) is 0 Å². The highest BCUT2D eigenvalue weighted by molar-refractivity contribution is 5.94. The van der Waals surface area contributed by atoms with Crippen LogP contribution < -0.4 is 9.47 Å². The molecule has 0 fully saturated rings. The number of carbonyl (C=O) groups is 1. The van der Waals surface area contributed by atoms with E-state index in [0.29, 0.717) is 26.1 Å². The monoisotopic (exact) mass is 459 g/mol. The molecule has 4 rings (SSSR count). The van der Waals surface area contributed by atoms with Crippen LogP contribution in [0.5, 0.6) is 11.5 Å². The van der Waals surface area contributed by atoms with Gasteiger partial charge in [-0.05, 0) is 42.7 Å². The van der Waals surface area contributed by atoms with Crippen molar-refractivity contribution in [1.29, 1.82) is 0 Å². The topological polar surface area (TPSA) is 81.8 Å². The number of ether oxygens (including phenoxy) is 2. The van der Waals surface area contributed by atoms with Gasteiger partial charge in [-0.2, -0.15) is 0 Å². The van der Waals surface area contributed by atoms with E-state index < -0.39 is 5.97 Å². The summed E-state index contributed by atoms with van der Waals surface area (Å²) >= 11 is 0. The zero-order valence-corrected chi connectivity index (χ0v) is 19.3. The third-order valence-corrected chi connectivity index (χ3v) is 5.59. The maximum atomic E-state index is 10.8. The van der Waals surface area contributed by atoms with E-state index in [4.69, 9.17) is 19.1 Å². The van der Waals surface area contributed by atoms with Crippen LogP contribution in [0.25, 0.3) is 22.2 Å². The summed E-state index contributed by atoms with van der Waals surface area (Å²) < 4.78 is 17.7. The summed E-state index contributed by atoms with van der Waals surface area (Å²) in [5.74, 6) is 0.762. The lowest BCUT2D eigenvalue weighted by Gasteiger charge is -2.12. The maximum absolute atomic E-state index is 10.8. The Bertz CT molecular complexity index is 1230. The summed E-state index contributed by atoms with van der Waals surface area (Å²) in [6.45, 7) is 3.16. The van der Waals surface area contributed by atoms with Gasteiger partial charge in [0.05, 0.1) is 18.6 Å². The molecule has 0 aliphatic carbocycles. The first kappa shape index (κ1) is 23.4. The largest absolute Gasteiger partial charge is 0.493 e. The molecule has 0 amide bonds. The lowest BCUT2D eigenvalue weighted by Crippen LogP contribution is -2.06. The minimum atomic E-state index is -0.800. The molecule has 0 spiro atoms. The van der Waals surface area contributed by atoms with E-state index in [2.05, 4.69) is 12.1 Å². The fraction of sp³-hybridized carbons (Fsp3) is 0.286. The molecule has 1 N–H and O–H groups in total. The maximum Gasteiger partial charge on any atom is 0.303 e. The number of aryl methyl sites for hydroxylation is 2. The number of hydrogen-bond donors (Lipinski definition) is 1. The van der Waals surface area contributed by atoms with Gasteiger partial charge >= 0.3 is 5.97 Å². The molecule has 3 aromatic carbocycles. The van der Waals surface area contributed by atoms with E-state index in [9.17, 15) is 4.79 Å². The Hall–Kier alpha value is -3.80. The van der Waals surface area contributed by atoms with Crippen molar-refractivity contribution in [3.63, 3.8) is 0 Å². The van der Waals surface area contributed by atoms with Crippen molar-refractivity contribution in [2.45, 2.75) is 39.0 Å². The number of aliphatic carboxylic acids is 1. The molecule has 0 aliphatic rings. The van der Waals surface area contributed by atoms with Gasteiger partial charge in [-0.3, -0.25) is 4.79 Å². The summed E-state index contributed by atoms with van der Waals surface area (Å²) in [6.07, 6.45) is 3.13. The lowest BCUT2D eigenvalue weighted by atomic mass is 10.0. The zero-order valence-electron chi connectivity index (χ0n) is 19.3. The van der Waals surface area contributed by atoms with Gasteiger partial charge in [-0.25, -0.2) is 0 Å². The predicted octanol–water partition coefficient (Wildman–Crippen LogP) is 6.31. The van der Waals surface area contributed by atoms with Crippen LogP contribution in [0.1, 0.15) is 37.3 Å². The smallest absolute Gasteiger partial charge is 0.303 e. The van der Waals surface area contributed by atoms with Gasteiger partial charge in [0.1, 0.15) is 17.2 Å². The summed E-state index contributed by atoms with van der Waals surface area (Å²) in [5.41, 5.74) is 4.66. The molecule has 1 heterocycles. The fourth-order valence-corrected chi connectivity index (χ4v) is 3.94. The SMILES string of the molecule is CCCc1c(OCCCOc2cccc(CCC(=O)O)c2)ccc2c(-c3ccccc3)noc12. The van der Waals surface area contributed by atoms with Gasteiger partial charge in [-0.15, -0.1) is 0 Å². The minimum Gasteiger partial charge on any atom is -0.493 e. The van der Waals surface area contributed by atoms with Crippen molar-refractivity contribution in [2.24, 2.45) is 0 Å².